The van der Waals surface area contributed by atoms with E-state index in [1.165, 1.54) is 18.0 Å². The van der Waals surface area contributed by atoms with Crippen LogP contribution in [0.1, 0.15) is 49.7 Å². The Labute approximate surface area is 238 Å². The number of nitrogens with one attached hydrogen (secondary N) is 2. The normalized spacial score (nSPS) is 14.8. The van der Waals surface area contributed by atoms with Crippen molar-refractivity contribution < 1.29 is 19.1 Å². The van der Waals surface area contributed by atoms with Gasteiger partial charge in [-0.25, -0.2) is 4.99 Å². The molecule has 2 aromatic carbocycles. The second kappa shape index (κ2) is 14.4. The van der Waals surface area contributed by atoms with Gasteiger partial charge in [0.2, 0.25) is 11.8 Å². The molecule has 4 N–H and O–H groups in total. The van der Waals surface area contributed by atoms with Crippen LogP contribution in [0.15, 0.2) is 52.8 Å². The molecular formula is C29H36N6O4S. The van der Waals surface area contributed by atoms with Crippen molar-refractivity contribution in [2.75, 3.05) is 14.2 Å². The van der Waals surface area contributed by atoms with Crippen LogP contribution in [0, 0.1) is 5.92 Å². The molecule has 40 heavy (non-hydrogen) atoms. The summed E-state index contributed by atoms with van der Waals surface area (Å²) in [5.74, 6) is 0.902. The lowest BCUT2D eigenvalue weighted by atomic mass is 9.84. The third-order valence-electron chi connectivity index (χ3n) is 7.04. The molecule has 10 nitrogen and oxygen atoms in total. The van der Waals surface area contributed by atoms with Crippen LogP contribution >= 0.6 is 11.5 Å². The molecule has 2 amide bonds. The molecule has 1 unspecified atom stereocenters. The summed E-state index contributed by atoms with van der Waals surface area (Å²) < 4.78 is 14.5. The Balaban J connectivity index is 1.38. The molecule has 4 rings (SSSR count). The van der Waals surface area contributed by atoms with E-state index >= 15 is 0 Å². The lowest BCUT2D eigenvalue weighted by Gasteiger charge is -2.24. The Morgan fingerprint density at radius 2 is 1.77 bits per heavy atom. The summed E-state index contributed by atoms with van der Waals surface area (Å²) in [7, 11) is 3.10. The van der Waals surface area contributed by atoms with Crippen LogP contribution in [0.5, 0.6) is 11.5 Å². The van der Waals surface area contributed by atoms with E-state index in [9.17, 15) is 9.59 Å². The Morgan fingerprint density at radius 1 is 1.05 bits per heavy atom. The fraction of sp³-hybridized carbons (Fsp3) is 0.414. The van der Waals surface area contributed by atoms with Gasteiger partial charge in [0.15, 0.2) is 17.5 Å². The van der Waals surface area contributed by atoms with Gasteiger partial charge in [-0.15, -0.1) is 5.10 Å². The van der Waals surface area contributed by atoms with Crippen LogP contribution in [0.4, 0.5) is 0 Å². The van der Waals surface area contributed by atoms with E-state index in [0.717, 1.165) is 48.1 Å². The van der Waals surface area contributed by atoms with Gasteiger partial charge in [-0.1, -0.05) is 66.9 Å². The number of ether oxygens (including phenoxy) is 2. The number of nitrogens with two attached hydrogens (primary N) is 1. The van der Waals surface area contributed by atoms with Crippen LogP contribution in [-0.2, 0) is 22.6 Å². The Kier molecular flexibility index (Phi) is 10.4. The zero-order valence-corrected chi connectivity index (χ0v) is 23.7. The van der Waals surface area contributed by atoms with Gasteiger partial charge in [0, 0.05) is 17.5 Å². The molecule has 0 saturated heterocycles. The minimum Gasteiger partial charge on any atom is -0.493 e. The van der Waals surface area contributed by atoms with Gasteiger partial charge in [-0.2, -0.15) is 0 Å². The highest BCUT2D eigenvalue weighted by atomic mass is 32.1. The standard InChI is InChI=1S/C29H36N6O4S/c1-38-25-13-10-21(15-26(25)39-2)16-27(36)33-29(30)32-23(14-19-6-4-3-5-7-19)28(37)31-17-20-8-11-22(12-9-20)24-18-40-35-34-24/h8-13,15,18-19,23H,3-7,14,16-17H2,1-2H3,(H,31,37)(H3,30,32,33,36). The van der Waals surface area contributed by atoms with Crippen LogP contribution in [0.2, 0.25) is 0 Å². The third-order valence-corrected chi connectivity index (χ3v) is 7.54. The number of rotatable bonds is 11. The van der Waals surface area contributed by atoms with Gasteiger partial charge in [-0.3, -0.25) is 14.9 Å². The van der Waals surface area contributed by atoms with Crippen molar-refractivity contribution in [1.82, 2.24) is 20.2 Å². The molecule has 11 heteroatoms. The predicted octanol–water partition coefficient (Wildman–Crippen LogP) is 3.85. The fourth-order valence-electron chi connectivity index (χ4n) is 4.91. The quantitative estimate of drug-likeness (QED) is 0.237. The molecule has 0 aliphatic heterocycles. The highest BCUT2D eigenvalue weighted by Crippen LogP contribution is 2.29. The minimum atomic E-state index is -0.690. The molecule has 1 fully saturated rings. The van der Waals surface area contributed by atoms with E-state index in [1.54, 1.807) is 32.4 Å². The van der Waals surface area contributed by atoms with Crippen molar-refractivity contribution in [2.45, 2.75) is 57.5 Å². The number of guanidine groups is 1. The van der Waals surface area contributed by atoms with E-state index < -0.39 is 6.04 Å². The second-order valence-corrected chi connectivity index (χ2v) is 10.5. The van der Waals surface area contributed by atoms with Gasteiger partial charge in [0.25, 0.3) is 0 Å². The third kappa shape index (κ3) is 8.25. The summed E-state index contributed by atoms with van der Waals surface area (Å²) in [6.07, 6.45) is 6.33. The largest absolute Gasteiger partial charge is 0.493 e. The molecule has 1 aromatic heterocycles. The Morgan fingerprint density at radius 3 is 2.45 bits per heavy atom. The monoisotopic (exact) mass is 564 g/mol. The highest BCUT2D eigenvalue weighted by Gasteiger charge is 2.24. The van der Waals surface area contributed by atoms with Crippen LogP contribution in [-0.4, -0.2) is 47.6 Å². The average Bonchev–Trinajstić information content (AvgIpc) is 3.51. The van der Waals surface area contributed by atoms with Gasteiger partial charge >= 0.3 is 0 Å². The Bertz CT molecular complexity index is 1290. The zero-order valence-electron chi connectivity index (χ0n) is 22.9. The molecule has 1 aliphatic rings. The highest BCUT2D eigenvalue weighted by molar-refractivity contribution is 7.03. The van der Waals surface area contributed by atoms with Gasteiger partial charge in [0.05, 0.1) is 20.6 Å². The molecule has 212 valence electrons. The van der Waals surface area contributed by atoms with Crippen LogP contribution in [0.25, 0.3) is 11.3 Å². The first-order valence-electron chi connectivity index (χ1n) is 13.4. The van der Waals surface area contributed by atoms with Crippen molar-refractivity contribution in [3.05, 3.63) is 59.0 Å². The molecule has 3 aromatic rings. The summed E-state index contributed by atoms with van der Waals surface area (Å²) in [6.45, 7) is 0.358. The number of hydrogen-bond acceptors (Lipinski definition) is 8. The number of carbonyl (C=O) groups excluding carboxylic acids is 2. The first-order chi connectivity index (χ1) is 19.4. The first kappa shape index (κ1) is 29.0. The van der Waals surface area contributed by atoms with Crippen molar-refractivity contribution in [3.8, 4) is 22.8 Å². The van der Waals surface area contributed by atoms with E-state index in [0.29, 0.717) is 30.4 Å². The number of nitrogens with zero attached hydrogens (tertiary/aromatic N) is 3. The van der Waals surface area contributed by atoms with Crippen molar-refractivity contribution >= 4 is 29.3 Å². The predicted molar refractivity (Wildman–Crippen MR) is 155 cm³/mol. The fourth-order valence-corrected chi connectivity index (χ4v) is 5.38. The number of carbonyl (C=O) groups is 2. The zero-order chi connectivity index (χ0) is 28.3. The number of aliphatic imine (C=N–C) groups is 1. The Hall–Kier alpha value is -3.99. The second-order valence-electron chi connectivity index (χ2n) is 9.89. The topological polar surface area (TPSA) is 141 Å². The molecule has 1 aliphatic carbocycles. The van der Waals surface area contributed by atoms with Gasteiger partial charge < -0.3 is 20.5 Å². The maximum absolute atomic E-state index is 13.3. The molecule has 0 spiro atoms. The van der Waals surface area contributed by atoms with E-state index in [1.807, 2.05) is 29.6 Å². The van der Waals surface area contributed by atoms with E-state index in [-0.39, 0.29) is 24.2 Å². The lowest BCUT2D eigenvalue weighted by Crippen LogP contribution is -2.42. The average molecular weight is 565 g/mol. The molecule has 1 heterocycles. The number of amides is 2. The van der Waals surface area contributed by atoms with E-state index in [2.05, 4.69) is 25.2 Å². The number of aromatic nitrogens is 2. The van der Waals surface area contributed by atoms with Gasteiger partial charge in [0.1, 0.15) is 11.7 Å². The molecule has 0 bridgehead atoms. The molecular weight excluding hydrogens is 528 g/mol. The van der Waals surface area contributed by atoms with Crippen molar-refractivity contribution in [3.63, 3.8) is 0 Å². The number of methoxy groups -OCH3 is 2. The summed E-state index contributed by atoms with van der Waals surface area (Å²) in [6, 6.07) is 12.4. The minimum absolute atomic E-state index is 0.0670. The molecule has 0 radical (unpaired) electrons. The van der Waals surface area contributed by atoms with Crippen LogP contribution < -0.4 is 25.8 Å². The number of hydrogen-bond donors (Lipinski definition) is 3. The van der Waals surface area contributed by atoms with E-state index in [4.69, 9.17) is 15.2 Å². The SMILES string of the molecule is COc1ccc(CC(=O)NC(N)=NC(CC2CCCCC2)C(=O)NCc2ccc(-c3csnn3)cc2)cc1OC. The summed E-state index contributed by atoms with van der Waals surface area (Å²) >= 11 is 1.30. The lowest BCUT2D eigenvalue weighted by molar-refractivity contribution is -0.123. The maximum atomic E-state index is 13.3. The summed E-state index contributed by atoms with van der Waals surface area (Å²) in [5.41, 5.74) is 9.61. The maximum Gasteiger partial charge on any atom is 0.245 e. The van der Waals surface area contributed by atoms with Gasteiger partial charge in [-0.05, 0) is 47.1 Å². The molecule has 1 saturated carbocycles. The van der Waals surface area contributed by atoms with Crippen molar-refractivity contribution in [2.24, 2.45) is 16.6 Å². The summed E-state index contributed by atoms with van der Waals surface area (Å²) in [5, 5.41) is 11.6. The van der Waals surface area contributed by atoms with Crippen LogP contribution in [0.3, 0.4) is 0 Å². The summed E-state index contributed by atoms with van der Waals surface area (Å²) in [4.78, 5) is 30.4. The molecule has 1 atom stereocenters. The van der Waals surface area contributed by atoms with Crippen molar-refractivity contribution in [1.29, 1.82) is 0 Å². The first-order valence-corrected chi connectivity index (χ1v) is 14.3. The number of benzene rings is 2. The smallest absolute Gasteiger partial charge is 0.245 e.